The second kappa shape index (κ2) is 8.46. The topological polar surface area (TPSA) is 56.1 Å². The molecule has 0 saturated heterocycles. The van der Waals surface area contributed by atoms with Gasteiger partial charge in [0.1, 0.15) is 5.60 Å². The van der Waals surface area contributed by atoms with Crippen LogP contribution >= 0.6 is 11.8 Å². The molecular formula is C16H29N3O2S. The summed E-state index contributed by atoms with van der Waals surface area (Å²) in [7, 11) is 0. The normalized spacial score (nSPS) is 14.5. The van der Waals surface area contributed by atoms with Gasteiger partial charge in [0.25, 0.3) is 0 Å². The Morgan fingerprint density at radius 1 is 1.50 bits per heavy atom. The monoisotopic (exact) mass is 327 g/mol. The summed E-state index contributed by atoms with van der Waals surface area (Å²) >= 11 is 1.86. The SMILES string of the molecule is CC[C@@H](NC(=O)OC(C)(C)C)c1cncn1CCC(C)SC. The molecule has 2 atom stereocenters. The number of hydrogen-bond donors (Lipinski definition) is 1. The Bertz CT molecular complexity index is 468. The number of amides is 1. The van der Waals surface area contributed by atoms with E-state index in [1.54, 1.807) is 0 Å². The molecule has 0 saturated carbocycles. The first-order valence-electron chi connectivity index (χ1n) is 7.79. The fraction of sp³-hybridized carbons (Fsp3) is 0.750. The van der Waals surface area contributed by atoms with E-state index in [0.29, 0.717) is 5.25 Å². The molecule has 0 aliphatic rings. The summed E-state index contributed by atoms with van der Waals surface area (Å²) in [6, 6.07) is -0.0815. The van der Waals surface area contributed by atoms with Crippen LogP contribution in [0.4, 0.5) is 4.79 Å². The van der Waals surface area contributed by atoms with Gasteiger partial charge in [-0.2, -0.15) is 11.8 Å². The van der Waals surface area contributed by atoms with Gasteiger partial charge in [0.05, 0.1) is 24.3 Å². The van der Waals surface area contributed by atoms with E-state index in [2.05, 4.69) is 28.0 Å². The number of aryl methyl sites for hydroxylation is 1. The summed E-state index contributed by atoms with van der Waals surface area (Å²) in [5.74, 6) is 0. The molecule has 0 aliphatic heterocycles. The Morgan fingerprint density at radius 3 is 2.73 bits per heavy atom. The van der Waals surface area contributed by atoms with Crippen LogP contribution in [0, 0.1) is 0 Å². The molecule has 0 spiro atoms. The van der Waals surface area contributed by atoms with Crippen LogP contribution in [0.2, 0.25) is 0 Å². The fourth-order valence-electron chi connectivity index (χ4n) is 2.08. The number of carbonyl (C=O) groups excluding carboxylic acids is 1. The van der Waals surface area contributed by atoms with E-state index in [1.165, 1.54) is 0 Å². The van der Waals surface area contributed by atoms with Gasteiger partial charge >= 0.3 is 6.09 Å². The highest BCUT2D eigenvalue weighted by atomic mass is 32.2. The van der Waals surface area contributed by atoms with E-state index in [1.807, 2.05) is 52.0 Å². The third-order valence-electron chi connectivity index (χ3n) is 3.38. The van der Waals surface area contributed by atoms with Crippen LogP contribution in [0.1, 0.15) is 59.2 Å². The van der Waals surface area contributed by atoms with Gasteiger partial charge in [0.2, 0.25) is 0 Å². The third-order valence-corrected chi connectivity index (χ3v) is 4.42. The molecule has 126 valence electrons. The molecule has 0 aromatic carbocycles. The molecule has 0 aliphatic carbocycles. The van der Waals surface area contributed by atoms with Crippen LogP contribution < -0.4 is 5.32 Å². The van der Waals surface area contributed by atoms with Crippen LogP contribution in [0.15, 0.2) is 12.5 Å². The molecule has 1 rings (SSSR count). The predicted molar refractivity (Wildman–Crippen MR) is 92.2 cm³/mol. The van der Waals surface area contributed by atoms with E-state index in [0.717, 1.165) is 25.1 Å². The lowest BCUT2D eigenvalue weighted by molar-refractivity contribution is 0.0500. The zero-order chi connectivity index (χ0) is 16.8. The molecule has 0 radical (unpaired) electrons. The summed E-state index contributed by atoms with van der Waals surface area (Å²) in [5, 5.41) is 3.55. The summed E-state index contributed by atoms with van der Waals surface area (Å²) in [5.41, 5.74) is 0.540. The lowest BCUT2D eigenvalue weighted by Crippen LogP contribution is -2.35. The van der Waals surface area contributed by atoms with Gasteiger partial charge < -0.3 is 14.6 Å². The molecule has 1 aromatic rings. The number of alkyl carbamates (subject to hydrolysis) is 1. The van der Waals surface area contributed by atoms with Crippen LogP contribution in [0.5, 0.6) is 0 Å². The van der Waals surface area contributed by atoms with Crippen LogP contribution in [0.25, 0.3) is 0 Å². The van der Waals surface area contributed by atoms with E-state index in [4.69, 9.17) is 4.74 Å². The van der Waals surface area contributed by atoms with Gasteiger partial charge in [-0.15, -0.1) is 0 Å². The largest absolute Gasteiger partial charge is 0.444 e. The molecular weight excluding hydrogens is 298 g/mol. The Hall–Kier alpha value is -1.17. The number of hydrogen-bond acceptors (Lipinski definition) is 4. The Labute approximate surface area is 138 Å². The molecule has 0 fully saturated rings. The van der Waals surface area contributed by atoms with Crippen molar-refractivity contribution in [2.24, 2.45) is 0 Å². The zero-order valence-corrected chi connectivity index (χ0v) is 15.4. The number of rotatable bonds is 7. The number of ether oxygens (including phenoxy) is 1. The van der Waals surface area contributed by atoms with Crippen molar-refractivity contribution in [1.82, 2.24) is 14.9 Å². The number of nitrogens with one attached hydrogen (secondary N) is 1. The minimum atomic E-state index is -0.490. The van der Waals surface area contributed by atoms with Crippen molar-refractivity contribution in [1.29, 1.82) is 0 Å². The van der Waals surface area contributed by atoms with Crippen molar-refractivity contribution >= 4 is 17.9 Å². The highest BCUT2D eigenvalue weighted by Gasteiger charge is 2.21. The first-order valence-corrected chi connectivity index (χ1v) is 9.08. The van der Waals surface area contributed by atoms with Crippen LogP contribution in [0.3, 0.4) is 0 Å². The minimum absolute atomic E-state index is 0.0815. The first kappa shape index (κ1) is 18.9. The second-order valence-electron chi connectivity index (χ2n) is 6.45. The lowest BCUT2D eigenvalue weighted by atomic mass is 10.1. The fourth-order valence-corrected chi connectivity index (χ4v) is 2.42. The minimum Gasteiger partial charge on any atom is -0.444 e. The lowest BCUT2D eigenvalue weighted by Gasteiger charge is -2.24. The van der Waals surface area contributed by atoms with Crippen molar-refractivity contribution in [2.75, 3.05) is 6.26 Å². The van der Waals surface area contributed by atoms with Crippen molar-refractivity contribution in [2.45, 2.75) is 70.9 Å². The number of imidazole rings is 1. The van der Waals surface area contributed by atoms with E-state index >= 15 is 0 Å². The van der Waals surface area contributed by atoms with E-state index in [9.17, 15) is 4.79 Å². The molecule has 1 heterocycles. The number of carbonyl (C=O) groups is 1. The average molecular weight is 327 g/mol. The summed E-state index contributed by atoms with van der Waals surface area (Å²) < 4.78 is 7.46. The van der Waals surface area contributed by atoms with Gasteiger partial charge in [-0.1, -0.05) is 13.8 Å². The number of nitrogens with zero attached hydrogens (tertiary/aromatic N) is 2. The molecule has 1 unspecified atom stereocenters. The van der Waals surface area contributed by atoms with E-state index < -0.39 is 5.60 Å². The van der Waals surface area contributed by atoms with Gasteiger partial charge in [0.15, 0.2) is 0 Å². The van der Waals surface area contributed by atoms with Crippen molar-refractivity contribution in [3.05, 3.63) is 18.2 Å². The summed E-state index contributed by atoms with van der Waals surface area (Å²) in [6.45, 7) is 10.8. The van der Waals surface area contributed by atoms with Crippen LogP contribution in [-0.4, -0.2) is 32.8 Å². The van der Waals surface area contributed by atoms with E-state index in [-0.39, 0.29) is 12.1 Å². The van der Waals surface area contributed by atoms with Gasteiger partial charge in [-0.05, 0) is 39.9 Å². The highest BCUT2D eigenvalue weighted by Crippen LogP contribution is 2.19. The molecule has 1 N–H and O–H groups in total. The molecule has 6 heteroatoms. The zero-order valence-electron chi connectivity index (χ0n) is 14.5. The highest BCUT2D eigenvalue weighted by molar-refractivity contribution is 7.99. The maximum atomic E-state index is 12.0. The predicted octanol–water partition coefficient (Wildman–Crippen LogP) is 4.00. The Kier molecular flexibility index (Phi) is 7.26. The number of thioether (sulfide) groups is 1. The quantitative estimate of drug-likeness (QED) is 0.822. The molecule has 1 amide bonds. The molecule has 1 aromatic heterocycles. The maximum absolute atomic E-state index is 12.0. The average Bonchev–Trinajstić information content (AvgIpc) is 2.88. The van der Waals surface area contributed by atoms with Crippen molar-refractivity contribution in [3.8, 4) is 0 Å². The number of aromatic nitrogens is 2. The second-order valence-corrected chi connectivity index (χ2v) is 7.73. The smallest absolute Gasteiger partial charge is 0.408 e. The summed E-state index contributed by atoms with van der Waals surface area (Å²) in [6.07, 6.45) is 7.27. The van der Waals surface area contributed by atoms with Crippen molar-refractivity contribution < 1.29 is 9.53 Å². The maximum Gasteiger partial charge on any atom is 0.408 e. The molecule has 5 nitrogen and oxygen atoms in total. The van der Waals surface area contributed by atoms with Gasteiger partial charge in [0, 0.05) is 11.8 Å². The van der Waals surface area contributed by atoms with Crippen LogP contribution in [-0.2, 0) is 11.3 Å². The summed E-state index contributed by atoms with van der Waals surface area (Å²) in [4.78, 5) is 16.2. The molecule has 0 bridgehead atoms. The molecule has 22 heavy (non-hydrogen) atoms. The standard InChI is InChI=1S/C16H29N3O2S/c1-7-13(18-15(20)21-16(3,4)5)14-10-17-11-19(14)9-8-12(2)22-6/h10-13H,7-9H2,1-6H3,(H,18,20)/t12?,13-/m1/s1. The van der Waals surface area contributed by atoms with Gasteiger partial charge in [-0.3, -0.25) is 0 Å². The van der Waals surface area contributed by atoms with Crippen molar-refractivity contribution in [3.63, 3.8) is 0 Å². The Morgan fingerprint density at radius 2 is 2.18 bits per heavy atom. The Balaban J connectivity index is 2.71. The first-order chi connectivity index (χ1) is 10.3. The third kappa shape index (κ3) is 6.30. The van der Waals surface area contributed by atoms with Gasteiger partial charge in [-0.25, -0.2) is 9.78 Å².